The Balaban J connectivity index is 1.79. The highest BCUT2D eigenvalue weighted by atomic mass is 32.1. The third-order valence-corrected chi connectivity index (χ3v) is 5.27. The molecule has 1 unspecified atom stereocenters. The van der Waals surface area contributed by atoms with Crippen molar-refractivity contribution < 1.29 is 5.11 Å². The van der Waals surface area contributed by atoms with E-state index in [9.17, 15) is 5.11 Å². The number of rotatable bonds is 4. The second-order valence-electron chi connectivity index (χ2n) is 6.00. The Bertz CT molecular complexity index is 569. The third kappa shape index (κ3) is 2.45. The van der Waals surface area contributed by atoms with Crippen LogP contribution in [0.15, 0.2) is 35.7 Å². The van der Waals surface area contributed by atoms with Gasteiger partial charge in [-0.15, -0.1) is 11.3 Å². The Morgan fingerprint density at radius 1 is 1.32 bits per heavy atom. The lowest BCUT2D eigenvalue weighted by molar-refractivity contribution is -0.00703. The van der Waals surface area contributed by atoms with Crippen molar-refractivity contribution in [2.75, 3.05) is 0 Å². The molecule has 1 aliphatic rings. The maximum absolute atomic E-state index is 10.6. The van der Waals surface area contributed by atoms with Gasteiger partial charge in [-0.3, -0.25) is 0 Å². The highest BCUT2D eigenvalue weighted by molar-refractivity contribution is 7.09. The minimum Gasteiger partial charge on any atom is -0.389 e. The van der Waals surface area contributed by atoms with Crippen LogP contribution in [0.4, 0.5) is 0 Å². The summed E-state index contributed by atoms with van der Waals surface area (Å²) in [5, 5.41) is 13.7. The van der Waals surface area contributed by atoms with Crippen molar-refractivity contribution in [3.8, 4) is 11.3 Å². The molecular weight excluding hydrogens is 254 g/mol. The van der Waals surface area contributed by atoms with Crippen LogP contribution in [0, 0.1) is 5.41 Å². The normalized spacial score (nSPS) is 19.9. The van der Waals surface area contributed by atoms with E-state index in [4.69, 9.17) is 0 Å². The van der Waals surface area contributed by atoms with E-state index in [2.05, 4.69) is 29.4 Å². The number of nitrogens with zero attached hydrogens (tertiary/aromatic N) is 1. The summed E-state index contributed by atoms with van der Waals surface area (Å²) in [5.74, 6) is 0. The van der Waals surface area contributed by atoms with Crippen LogP contribution in [0.3, 0.4) is 0 Å². The second kappa shape index (κ2) is 4.43. The summed E-state index contributed by atoms with van der Waals surface area (Å²) in [6, 6.07) is 10.2. The van der Waals surface area contributed by atoms with Crippen LogP contribution in [0.5, 0.6) is 0 Å². The predicted octanol–water partition coefficient (Wildman–Crippen LogP) is 3.90. The quantitative estimate of drug-likeness (QED) is 0.916. The number of benzene rings is 1. The fourth-order valence-corrected chi connectivity index (χ4v) is 3.32. The average Bonchev–Trinajstić information content (AvgIpc) is 3.00. The van der Waals surface area contributed by atoms with Crippen LogP contribution in [-0.2, 0) is 6.42 Å². The fourth-order valence-electron chi connectivity index (χ4n) is 2.37. The molecule has 1 atom stereocenters. The first-order valence-electron chi connectivity index (χ1n) is 6.72. The summed E-state index contributed by atoms with van der Waals surface area (Å²) < 4.78 is 0. The first-order valence-corrected chi connectivity index (χ1v) is 7.60. The summed E-state index contributed by atoms with van der Waals surface area (Å²) in [7, 11) is 0. The van der Waals surface area contributed by atoms with E-state index in [1.165, 1.54) is 0 Å². The first-order chi connectivity index (χ1) is 9.00. The van der Waals surface area contributed by atoms with Gasteiger partial charge in [-0.05, 0) is 25.2 Å². The Kier molecular flexibility index (Phi) is 2.99. The standard InChI is InChI=1S/C16H19NOS/c1-15(8-9-15)16(2,18)10-14-17-13(11-19-14)12-6-4-3-5-7-12/h3-7,11,18H,8-10H2,1-2H3. The summed E-state index contributed by atoms with van der Waals surface area (Å²) in [6.07, 6.45) is 2.90. The van der Waals surface area contributed by atoms with Gasteiger partial charge < -0.3 is 5.11 Å². The van der Waals surface area contributed by atoms with Crippen LogP contribution < -0.4 is 0 Å². The van der Waals surface area contributed by atoms with E-state index >= 15 is 0 Å². The van der Waals surface area contributed by atoms with Gasteiger partial charge in [0.2, 0.25) is 0 Å². The molecule has 0 amide bonds. The lowest BCUT2D eigenvalue weighted by Gasteiger charge is -2.29. The molecule has 0 bridgehead atoms. The zero-order valence-electron chi connectivity index (χ0n) is 11.4. The summed E-state index contributed by atoms with van der Waals surface area (Å²) in [4.78, 5) is 4.67. The zero-order chi connectivity index (χ0) is 13.5. The Morgan fingerprint density at radius 2 is 2.00 bits per heavy atom. The molecule has 0 aliphatic heterocycles. The van der Waals surface area contributed by atoms with Gasteiger partial charge in [-0.2, -0.15) is 0 Å². The molecule has 0 saturated heterocycles. The van der Waals surface area contributed by atoms with E-state index in [-0.39, 0.29) is 5.41 Å². The van der Waals surface area contributed by atoms with E-state index < -0.39 is 5.60 Å². The molecule has 100 valence electrons. The van der Waals surface area contributed by atoms with Crippen molar-refractivity contribution in [1.29, 1.82) is 0 Å². The molecule has 1 heterocycles. The van der Waals surface area contributed by atoms with E-state index in [0.29, 0.717) is 6.42 Å². The summed E-state index contributed by atoms with van der Waals surface area (Å²) in [5.41, 5.74) is 1.60. The minimum atomic E-state index is -0.640. The van der Waals surface area contributed by atoms with Gasteiger partial charge in [-0.1, -0.05) is 37.3 Å². The highest BCUT2D eigenvalue weighted by Gasteiger charge is 2.52. The van der Waals surface area contributed by atoms with Crippen LogP contribution in [0.25, 0.3) is 11.3 Å². The zero-order valence-corrected chi connectivity index (χ0v) is 12.2. The van der Waals surface area contributed by atoms with Crippen molar-refractivity contribution >= 4 is 11.3 Å². The number of aliphatic hydroxyl groups is 1. The molecule has 2 nitrogen and oxygen atoms in total. The smallest absolute Gasteiger partial charge is 0.0961 e. The molecule has 19 heavy (non-hydrogen) atoms. The van der Waals surface area contributed by atoms with E-state index in [1.807, 2.05) is 25.1 Å². The Labute approximate surface area is 118 Å². The van der Waals surface area contributed by atoms with Crippen LogP contribution in [0.1, 0.15) is 31.7 Å². The fraction of sp³-hybridized carbons (Fsp3) is 0.438. The molecule has 0 spiro atoms. The molecule has 1 fully saturated rings. The van der Waals surface area contributed by atoms with Crippen LogP contribution >= 0.6 is 11.3 Å². The van der Waals surface area contributed by atoms with Gasteiger partial charge in [0.05, 0.1) is 16.3 Å². The van der Waals surface area contributed by atoms with Crippen molar-refractivity contribution in [1.82, 2.24) is 4.98 Å². The largest absolute Gasteiger partial charge is 0.389 e. The molecule has 1 aromatic carbocycles. The third-order valence-electron chi connectivity index (χ3n) is 4.42. The highest BCUT2D eigenvalue weighted by Crippen LogP contribution is 2.54. The maximum atomic E-state index is 10.6. The van der Waals surface area contributed by atoms with Crippen LogP contribution in [-0.4, -0.2) is 15.7 Å². The maximum Gasteiger partial charge on any atom is 0.0961 e. The van der Waals surface area contributed by atoms with Gasteiger partial charge in [0.1, 0.15) is 0 Å². The Morgan fingerprint density at radius 3 is 2.63 bits per heavy atom. The first kappa shape index (κ1) is 12.8. The predicted molar refractivity (Wildman–Crippen MR) is 79.2 cm³/mol. The number of hydrogen-bond donors (Lipinski definition) is 1. The monoisotopic (exact) mass is 273 g/mol. The second-order valence-corrected chi connectivity index (χ2v) is 6.95. The van der Waals surface area contributed by atoms with Gasteiger partial charge >= 0.3 is 0 Å². The summed E-state index contributed by atoms with van der Waals surface area (Å²) >= 11 is 1.64. The molecule has 3 rings (SSSR count). The number of hydrogen-bond acceptors (Lipinski definition) is 3. The molecule has 3 heteroatoms. The lowest BCUT2D eigenvalue weighted by atomic mass is 9.85. The number of thiazole rings is 1. The SMILES string of the molecule is CC(O)(Cc1nc(-c2ccccc2)cs1)C1(C)CC1. The molecule has 2 aromatic rings. The van der Waals surface area contributed by atoms with Gasteiger partial charge in [-0.25, -0.2) is 4.98 Å². The summed E-state index contributed by atoms with van der Waals surface area (Å²) in [6.45, 7) is 4.11. The van der Waals surface area contributed by atoms with Crippen molar-refractivity contribution in [2.24, 2.45) is 5.41 Å². The van der Waals surface area contributed by atoms with E-state index in [1.54, 1.807) is 11.3 Å². The molecule has 1 aliphatic carbocycles. The van der Waals surface area contributed by atoms with Crippen LogP contribution in [0.2, 0.25) is 0 Å². The molecule has 1 N–H and O–H groups in total. The molecule has 1 saturated carbocycles. The minimum absolute atomic E-state index is 0.0889. The van der Waals surface area contributed by atoms with Crippen molar-refractivity contribution in [3.63, 3.8) is 0 Å². The lowest BCUT2D eigenvalue weighted by Crippen LogP contribution is -2.36. The van der Waals surface area contributed by atoms with E-state index in [0.717, 1.165) is 29.1 Å². The topological polar surface area (TPSA) is 33.1 Å². The molecule has 0 radical (unpaired) electrons. The van der Waals surface area contributed by atoms with Gasteiger partial charge in [0, 0.05) is 17.4 Å². The van der Waals surface area contributed by atoms with Crippen molar-refractivity contribution in [2.45, 2.75) is 38.7 Å². The molecular formula is C16H19NOS. The van der Waals surface area contributed by atoms with Crippen molar-refractivity contribution in [3.05, 3.63) is 40.7 Å². The number of aromatic nitrogens is 1. The Hall–Kier alpha value is -1.19. The van der Waals surface area contributed by atoms with Gasteiger partial charge in [0.15, 0.2) is 0 Å². The average molecular weight is 273 g/mol. The molecule has 1 aromatic heterocycles. The van der Waals surface area contributed by atoms with Gasteiger partial charge in [0.25, 0.3) is 0 Å².